The van der Waals surface area contributed by atoms with Crippen molar-refractivity contribution in [3.63, 3.8) is 0 Å². The summed E-state index contributed by atoms with van der Waals surface area (Å²) >= 11 is 7.32. The van der Waals surface area contributed by atoms with E-state index in [2.05, 4.69) is 72.6 Å². The van der Waals surface area contributed by atoms with Gasteiger partial charge in [-0.05, 0) is 41.4 Å². The summed E-state index contributed by atoms with van der Waals surface area (Å²) in [5.41, 5.74) is 2.66. The molecule has 0 atom stereocenters. The normalized spacial score (nSPS) is 10.7. The first kappa shape index (κ1) is 18.8. The number of nitrogens with zero attached hydrogens (tertiary/aromatic N) is 1. The highest BCUT2D eigenvalue weighted by Gasteiger charge is 2.06. The van der Waals surface area contributed by atoms with Gasteiger partial charge in [-0.3, -0.25) is 0 Å². The minimum Gasteiger partial charge on any atom is -0.362 e. The Hall–Kier alpha value is -1.52. The molecule has 0 aromatic heterocycles. The first-order chi connectivity index (χ1) is 11.6. The lowest BCUT2D eigenvalue weighted by Gasteiger charge is -2.21. The molecule has 0 saturated carbocycles. The third-order valence-electron chi connectivity index (χ3n) is 3.80. The molecule has 24 heavy (non-hydrogen) atoms. The quantitative estimate of drug-likeness (QED) is 0.429. The molecule has 0 saturated heterocycles. The molecule has 0 aliphatic heterocycles. The fourth-order valence-corrected chi connectivity index (χ4v) is 3.29. The molecule has 128 valence electrons. The lowest BCUT2D eigenvalue weighted by Crippen LogP contribution is -2.37. The molecule has 2 aromatic carbocycles. The average Bonchev–Trinajstić information content (AvgIpc) is 2.60. The zero-order valence-electron chi connectivity index (χ0n) is 14.7. The molecule has 0 aliphatic carbocycles. The van der Waals surface area contributed by atoms with E-state index in [0.717, 1.165) is 24.0 Å². The molecule has 0 fully saturated rings. The molecule has 0 heterocycles. The summed E-state index contributed by atoms with van der Waals surface area (Å²) in [4.78, 5) is 3.39. The third-order valence-corrected chi connectivity index (χ3v) is 5.27. The van der Waals surface area contributed by atoms with Crippen LogP contribution >= 0.6 is 24.0 Å². The Morgan fingerprint density at radius 1 is 1.08 bits per heavy atom. The van der Waals surface area contributed by atoms with E-state index in [1.165, 1.54) is 16.0 Å². The summed E-state index contributed by atoms with van der Waals surface area (Å²) in [7, 11) is 2.04. The fraction of sp³-hybridized carbons (Fsp3) is 0.350. The first-order valence-electron chi connectivity index (χ1n) is 8.32. The van der Waals surface area contributed by atoms with Gasteiger partial charge in [0, 0.05) is 30.8 Å². The van der Waals surface area contributed by atoms with Crippen LogP contribution in [0.25, 0.3) is 0 Å². The molecule has 2 rings (SSSR count). The van der Waals surface area contributed by atoms with Crippen molar-refractivity contribution in [1.82, 2.24) is 10.2 Å². The van der Waals surface area contributed by atoms with Gasteiger partial charge in [-0.25, -0.2) is 0 Å². The Balaban J connectivity index is 1.71. The highest BCUT2D eigenvalue weighted by Crippen LogP contribution is 2.16. The number of thiocarbonyl (C=S) groups is 1. The van der Waals surface area contributed by atoms with Crippen LogP contribution in [-0.2, 0) is 6.54 Å². The molecule has 2 aromatic rings. The van der Waals surface area contributed by atoms with E-state index in [9.17, 15) is 0 Å². The Labute approximate surface area is 155 Å². The zero-order chi connectivity index (χ0) is 17.4. The average molecular weight is 359 g/mol. The maximum absolute atomic E-state index is 5.48. The van der Waals surface area contributed by atoms with Gasteiger partial charge in [-0.2, -0.15) is 0 Å². The largest absolute Gasteiger partial charge is 0.362 e. The molecular formula is C20H26N2S2. The van der Waals surface area contributed by atoms with Crippen molar-refractivity contribution in [3.05, 3.63) is 65.7 Å². The molecule has 0 spiro atoms. The van der Waals surface area contributed by atoms with Crippen molar-refractivity contribution in [1.29, 1.82) is 0 Å². The Kier molecular flexibility index (Phi) is 7.60. The molecule has 2 nitrogen and oxygen atoms in total. The summed E-state index contributed by atoms with van der Waals surface area (Å²) in [6, 6.07) is 19.3. The van der Waals surface area contributed by atoms with Gasteiger partial charge in [0.2, 0.25) is 0 Å². The van der Waals surface area contributed by atoms with Crippen molar-refractivity contribution >= 4 is 29.1 Å². The topological polar surface area (TPSA) is 15.3 Å². The van der Waals surface area contributed by atoms with Crippen LogP contribution in [0.1, 0.15) is 30.9 Å². The molecule has 0 aliphatic rings. The maximum Gasteiger partial charge on any atom is 0.169 e. The van der Waals surface area contributed by atoms with E-state index in [1.54, 1.807) is 0 Å². The van der Waals surface area contributed by atoms with E-state index in [-0.39, 0.29) is 0 Å². The molecule has 4 heteroatoms. The zero-order valence-corrected chi connectivity index (χ0v) is 16.3. The van der Waals surface area contributed by atoms with Crippen LogP contribution in [0.2, 0.25) is 0 Å². The second-order valence-corrected chi connectivity index (χ2v) is 7.70. The van der Waals surface area contributed by atoms with Gasteiger partial charge < -0.3 is 10.2 Å². The van der Waals surface area contributed by atoms with Crippen LogP contribution in [0.3, 0.4) is 0 Å². The fourth-order valence-electron chi connectivity index (χ4n) is 2.33. The van der Waals surface area contributed by atoms with Crippen LogP contribution in [0, 0.1) is 0 Å². The van der Waals surface area contributed by atoms with E-state index in [4.69, 9.17) is 12.2 Å². The van der Waals surface area contributed by atoms with Crippen LogP contribution in [0.4, 0.5) is 0 Å². The molecular weight excluding hydrogens is 332 g/mol. The molecule has 1 N–H and O–H groups in total. The number of benzene rings is 2. The van der Waals surface area contributed by atoms with E-state index in [0.29, 0.717) is 5.92 Å². The van der Waals surface area contributed by atoms with Gasteiger partial charge in [0.1, 0.15) is 0 Å². The minimum atomic E-state index is 0.571. The summed E-state index contributed by atoms with van der Waals surface area (Å²) in [6.07, 6.45) is 0. The van der Waals surface area contributed by atoms with Crippen molar-refractivity contribution < 1.29 is 0 Å². The Morgan fingerprint density at radius 3 is 2.38 bits per heavy atom. The van der Waals surface area contributed by atoms with Gasteiger partial charge in [-0.1, -0.05) is 56.3 Å². The lowest BCUT2D eigenvalue weighted by molar-refractivity contribution is 0.491. The smallest absolute Gasteiger partial charge is 0.169 e. The van der Waals surface area contributed by atoms with Crippen molar-refractivity contribution in [2.24, 2.45) is 0 Å². The first-order valence-corrected chi connectivity index (χ1v) is 9.71. The number of hydrogen-bond donors (Lipinski definition) is 1. The molecule has 0 radical (unpaired) electrons. The molecule has 0 unspecified atom stereocenters. The second kappa shape index (κ2) is 9.70. The summed E-state index contributed by atoms with van der Waals surface area (Å²) < 4.78 is 0. The van der Waals surface area contributed by atoms with Gasteiger partial charge >= 0.3 is 0 Å². The van der Waals surface area contributed by atoms with Crippen molar-refractivity contribution in [2.75, 3.05) is 19.3 Å². The summed E-state index contributed by atoms with van der Waals surface area (Å²) in [5.74, 6) is 1.57. The third kappa shape index (κ3) is 6.17. The predicted octanol–water partition coefficient (Wildman–Crippen LogP) is 4.91. The lowest BCUT2D eigenvalue weighted by atomic mass is 10.0. The SMILES string of the molecule is CC(C)c1ccc(CN(C)C(=S)NCCSc2ccccc2)cc1. The molecule has 0 amide bonds. The van der Waals surface area contributed by atoms with Crippen LogP contribution in [-0.4, -0.2) is 29.4 Å². The summed E-state index contributed by atoms with van der Waals surface area (Å²) in [5, 5.41) is 4.14. The number of thioether (sulfide) groups is 1. The van der Waals surface area contributed by atoms with Crippen molar-refractivity contribution in [3.8, 4) is 0 Å². The number of rotatable bonds is 7. The monoisotopic (exact) mass is 358 g/mol. The Bertz CT molecular complexity index is 624. The number of nitrogens with one attached hydrogen (secondary N) is 1. The highest BCUT2D eigenvalue weighted by molar-refractivity contribution is 7.99. The molecule has 0 bridgehead atoms. The van der Waals surface area contributed by atoms with Crippen molar-refractivity contribution in [2.45, 2.75) is 31.2 Å². The predicted molar refractivity (Wildman–Crippen MR) is 110 cm³/mol. The number of hydrogen-bond acceptors (Lipinski definition) is 2. The second-order valence-electron chi connectivity index (χ2n) is 6.15. The van der Waals surface area contributed by atoms with Crippen LogP contribution in [0.15, 0.2) is 59.5 Å². The summed E-state index contributed by atoms with van der Waals surface area (Å²) in [6.45, 7) is 6.13. The Morgan fingerprint density at radius 2 is 1.75 bits per heavy atom. The maximum atomic E-state index is 5.48. The van der Waals surface area contributed by atoms with Gasteiger partial charge in [0.15, 0.2) is 5.11 Å². The standard InChI is InChI=1S/C20H26N2S2/c1-16(2)18-11-9-17(10-12-18)15-22(3)20(23)21-13-14-24-19-7-5-4-6-8-19/h4-12,16H,13-15H2,1-3H3,(H,21,23). The van der Waals surface area contributed by atoms with Gasteiger partial charge in [0.25, 0.3) is 0 Å². The minimum absolute atomic E-state index is 0.571. The van der Waals surface area contributed by atoms with Crippen LogP contribution < -0.4 is 5.32 Å². The highest BCUT2D eigenvalue weighted by atomic mass is 32.2. The van der Waals surface area contributed by atoms with Crippen LogP contribution in [0.5, 0.6) is 0 Å². The van der Waals surface area contributed by atoms with E-state index in [1.807, 2.05) is 24.9 Å². The van der Waals surface area contributed by atoms with E-state index < -0.39 is 0 Å². The van der Waals surface area contributed by atoms with E-state index >= 15 is 0 Å². The van der Waals surface area contributed by atoms with Gasteiger partial charge in [0.05, 0.1) is 0 Å². The van der Waals surface area contributed by atoms with Gasteiger partial charge in [-0.15, -0.1) is 11.8 Å².